The molecule has 1 radical (unpaired) electrons. The second kappa shape index (κ2) is 22.6. The fourth-order valence-corrected chi connectivity index (χ4v) is 5.72. The van der Waals surface area contributed by atoms with E-state index in [-0.39, 0.29) is 71.8 Å². The van der Waals surface area contributed by atoms with Crippen LogP contribution in [0.2, 0.25) is 0 Å². The van der Waals surface area contributed by atoms with Gasteiger partial charge in [-0.15, -0.1) is 11.3 Å². The number of nitrogens with zero attached hydrogens (tertiary/aromatic N) is 3. The second-order valence-corrected chi connectivity index (χ2v) is 12.5. The van der Waals surface area contributed by atoms with Crippen molar-refractivity contribution in [1.29, 1.82) is 0 Å². The molecule has 2 heterocycles. The van der Waals surface area contributed by atoms with Gasteiger partial charge in [0.25, 0.3) is 0 Å². The van der Waals surface area contributed by atoms with Gasteiger partial charge in [-0.05, 0) is 63.3 Å². The third-order valence-corrected chi connectivity index (χ3v) is 8.64. The summed E-state index contributed by atoms with van der Waals surface area (Å²) in [5.41, 5.74) is 3.47. The Hall–Kier alpha value is -1.98. The molecule has 1 saturated carbocycles. The molecule has 1 aliphatic carbocycles. The standard InChI is InChI=1S/C30H43N5O3S.C2H6.CH4O.2CH3.Y/c1-9-21(13-14-22(10-2)24-20(3)32-19-39-24)18-31-26(36)23-12-11-17-35(23)27(37)25(29(4,5)6)33-28(38)30(15-16-30)34(7)8;2*1-2;;;/h9-10,13-14,19,23,25H,1-2,11-12,15-18H2,3-8H3,(H,31,36)(H,33,38);1-2H3;2H,1H3;2*1H3;/q;;;2*-1;/b21-13+,22-14+;;;;;/t23?,25-;;;;;/m1...../s1. The summed E-state index contributed by atoms with van der Waals surface area (Å²) >= 11 is 1.55. The predicted octanol–water partition coefficient (Wildman–Crippen LogP) is 5.40. The summed E-state index contributed by atoms with van der Waals surface area (Å²) in [4.78, 5) is 49.1. The summed E-state index contributed by atoms with van der Waals surface area (Å²) in [6.07, 6.45) is 10.2. The maximum atomic E-state index is 13.8. The Bertz CT molecular complexity index is 1180. The van der Waals surface area contributed by atoms with E-state index in [9.17, 15) is 14.4 Å². The summed E-state index contributed by atoms with van der Waals surface area (Å²) in [5.74, 6) is -0.533. The van der Waals surface area contributed by atoms with Crippen LogP contribution >= 0.6 is 11.3 Å². The molecule has 0 bridgehead atoms. The molecule has 1 aliphatic heterocycles. The summed E-state index contributed by atoms with van der Waals surface area (Å²) in [7, 11) is 4.78. The van der Waals surface area contributed by atoms with Crippen LogP contribution in [-0.2, 0) is 47.1 Å². The zero-order valence-corrected chi connectivity index (χ0v) is 33.9. The molecule has 0 aromatic carbocycles. The number of amides is 3. The fourth-order valence-electron chi connectivity index (χ4n) is 4.90. The van der Waals surface area contributed by atoms with Gasteiger partial charge in [0.2, 0.25) is 17.7 Å². The van der Waals surface area contributed by atoms with E-state index in [1.165, 1.54) is 0 Å². The molecule has 1 aromatic heterocycles. The van der Waals surface area contributed by atoms with Crippen molar-refractivity contribution in [3.63, 3.8) is 0 Å². The minimum Gasteiger partial charge on any atom is -0.400 e. The minimum absolute atomic E-state index is 0. The maximum absolute atomic E-state index is 13.8. The number of carbonyl (C=O) groups is 3. The van der Waals surface area contributed by atoms with Gasteiger partial charge in [-0.3, -0.25) is 19.3 Å². The average molecular weight is 735 g/mol. The first kappa shape index (κ1) is 48.4. The van der Waals surface area contributed by atoms with Gasteiger partial charge < -0.3 is 35.5 Å². The molecule has 259 valence electrons. The monoisotopic (exact) mass is 734 g/mol. The van der Waals surface area contributed by atoms with Crippen LogP contribution in [0.25, 0.3) is 5.57 Å². The van der Waals surface area contributed by atoms with Crippen LogP contribution < -0.4 is 10.6 Å². The Labute approximate surface area is 309 Å². The fraction of sp³-hybridized carbons (Fsp3) is 0.543. The van der Waals surface area contributed by atoms with Crippen molar-refractivity contribution in [3.05, 3.63) is 74.0 Å². The van der Waals surface area contributed by atoms with Crippen LogP contribution in [0.15, 0.2) is 48.5 Å². The Balaban J connectivity index is -0.00000254. The zero-order chi connectivity index (χ0) is 33.0. The van der Waals surface area contributed by atoms with Gasteiger partial charge in [0.1, 0.15) is 12.1 Å². The normalized spacial score (nSPS) is 17.2. The Morgan fingerprint density at radius 3 is 2.17 bits per heavy atom. The van der Waals surface area contributed by atoms with Crippen molar-refractivity contribution in [3.8, 4) is 0 Å². The SMILES string of the molecule is C=C/C(=C\C=C(/C=C)c1scnc1C)CNC(=O)C1CCCN1C(=O)[C@@H](NC(=O)C1(N(C)C)CC1)C(C)(C)C.CC.CO.[CH3-].[CH3-].[Y]. The van der Waals surface area contributed by atoms with E-state index in [1.807, 2.05) is 72.7 Å². The first-order valence-corrected chi connectivity index (χ1v) is 15.8. The first-order chi connectivity index (χ1) is 20.4. The van der Waals surface area contributed by atoms with Gasteiger partial charge in [0.05, 0.1) is 21.6 Å². The van der Waals surface area contributed by atoms with Crippen molar-refractivity contribution < 1.29 is 52.2 Å². The summed E-state index contributed by atoms with van der Waals surface area (Å²) < 4.78 is 0. The van der Waals surface area contributed by atoms with Gasteiger partial charge in [-0.2, -0.15) is 0 Å². The maximum Gasteiger partial charge on any atom is 0.246 e. The number of allylic oxidation sites excluding steroid dienone is 4. The van der Waals surface area contributed by atoms with Crippen molar-refractivity contribution in [2.75, 3.05) is 34.3 Å². The number of aryl methyl sites for hydroxylation is 1. The van der Waals surface area contributed by atoms with E-state index in [0.717, 1.165) is 48.1 Å². The van der Waals surface area contributed by atoms with Crippen LogP contribution in [0.5, 0.6) is 0 Å². The molecule has 3 rings (SSSR count). The van der Waals surface area contributed by atoms with Gasteiger partial charge in [-0.1, -0.05) is 72.1 Å². The molecule has 2 aliphatic rings. The number of hydrogen-bond acceptors (Lipinski definition) is 7. The molecule has 11 heteroatoms. The van der Waals surface area contributed by atoms with Crippen LogP contribution in [0, 0.1) is 27.2 Å². The van der Waals surface area contributed by atoms with Gasteiger partial charge in [0.15, 0.2) is 0 Å². The third-order valence-electron chi connectivity index (χ3n) is 7.66. The van der Waals surface area contributed by atoms with Crippen molar-refractivity contribution >= 4 is 34.6 Å². The van der Waals surface area contributed by atoms with Crippen LogP contribution in [0.1, 0.15) is 70.9 Å². The van der Waals surface area contributed by atoms with E-state index < -0.39 is 23.0 Å². The largest absolute Gasteiger partial charge is 0.400 e. The number of aliphatic hydroxyl groups excluding tert-OH is 1. The van der Waals surface area contributed by atoms with Crippen molar-refractivity contribution in [2.45, 2.75) is 84.8 Å². The summed E-state index contributed by atoms with van der Waals surface area (Å²) in [6.45, 7) is 20.3. The van der Waals surface area contributed by atoms with Crippen LogP contribution in [-0.4, -0.2) is 89.5 Å². The average Bonchev–Trinajstić information content (AvgIpc) is 3.48. The van der Waals surface area contributed by atoms with E-state index in [0.29, 0.717) is 13.0 Å². The van der Waals surface area contributed by atoms with Gasteiger partial charge in [-0.25, -0.2) is 4.98 Å². The molecule has 3 N–H and O–H groups in total. The number of rotatable bonds is 11. The Morgan fingerprint density at radius 2 is 1.74 bits per heavy atom. The van der Waals surface area contributed by atoms with E-state index >= 15 is 0 Å². The van der Waals surface area contributed by atoms with Gasteiger partial charge >= 0.3 is 0 Å². The number of aromatic nitrogens is 1. The van der Waals surface area contributed by atoms with Crippen LogP contribution in [0.4, 0.5) is 0 Å². The molecule has 9 nitrogen and oxygen atoms in total. The smallest absolute Gasteiger partial charge is 0.246 e. The minimum atomic E-state index is -0.725. The topological polar surface area (TPSA) is 115 Å². The first-order valence-electron chi connectivity index (χ1n) is 14.9. The molecule has 1 saturated heterocycles. The number of carbonyl (C=O) groups excluding carboxylic acids is 3. The van der Waals surface area contributed by atoms with Crippen molar-refractivity contribution in [1.82, 2.24) is 25.4 Å². The Kier molecular flexibility index (Phi) is 23.8. The number of thiazole rings is 1. The molecule has 1 aromatic rings. The second-order valence-electron chi connectivity index (χ2n) is 11.6. The molecule has 1 unspecified atom stereocenters. The molecular formula is C35H59N5O4SY-2. The van der Waals surface area contributed by atoms with E-state index in [4.69, 9.17) is 5.11 Å². The Morgan fingerprint density at radius 1 is 1.15 bits per heavy atom. The predicted molar refractivity (Wildman–Crippen MR) is 190 cm³/mol. The molecular weight excluding hydrogens is 675 g/mol. The molecule has 3 amide bonds. The molecule has 2 atom stereocenters. The summed E-state index contributed by atoms with van der Waals surface area (Å²) in [6, 6.07) is -1.30. The number of likely N-dealkylation sites (tertiary alicyclic amines) is 1. The zero-order valence-electron chi connectivity index (χ0n) is 30.2. The molecule has 46 heavy (non-hydrogen) atoms. The summed E-state index contributed by atoms with van der Waals surface area (Å²) in [5, 5.41) is 13.0. The third kappa shape index (κ3) is 12.6. The number of hydrogen-bond donors (Lipinski definition) is 3. The van der Waals surface area contributed by atoms with Crippen LogP contribution in [0.3, 0.4) is 0 Å². The van der Waals surface area contributed by atoms with Crippen molar-refractivity contribution in [2.24, 2.45) is 5.41 Å². The van der Waals surface area contributed by atoms with E-state index in [1.54, 1.807) is 33.9 Å². The molecule has 2 fully saturated rings. The quantitative estimate of drug-likeness (QED) is 0.208. The van der Waals surface area contributed by atoms with E-state index in [2.05, 4.69) is 28.8 Å². The molecule has 0 spiro atoms. The number of likely N-dealkylation sites (N-methyl/N-ethyl adjacent to an activating group) is 1. The van der Waals surface area contributed by atoms with Gasteiger partial charge in [0, 0.05) is 52.9 Å². The number of aliphatic hydroxyl groups is 1. The number of nitrogens with one attached hydrogen (secondary N) is 2.